The number of anilines is 1. The number of imidazole rings is 1. The van der Waals surface area contributed by atoms with Gasteiger partial charge in [0.15, 0.2) is 0 Å². The SMILES string of the molecule is Cc1ccc(NCc2cncn2C(C)C)c(C)n1. The van der Waals surface area contributed by atoms with Crippen LogP contribution in [0.3, 0.4) is 0 Å². The molecule has 0 saturated carbocycles. The molecule has 0 saturated heterocycles. The van der Waals surface area contributed by atoms with Crippen molar-refractivity contribution in [2.75, 3.05) is 5.32 Å². The highest BCUT2D eigenvalue weighted by Gasteiger charge is 2.06. The van der Waals surface area contributed by atoms with Gasteiger partial charge in [-0.05, 0) is 39.8 Å². The van der Waals surface area contributed by atoms with Crippen LogP contribution in [0.5, 0.6) is 0 Å². The maximum atomic E-state index is 4.45. The minimum Gasteiger partial charge on any atom is -0.378 e. The first-order valence-electron chi connectivity index (χ1n) is 6.26. The first-order chi connectivity index (χ1) is 8.58. The summed E-state index contributed by atoms with van der Waals surface area (Å²) in [5.74, 6) is 0. The largest absolute Gasteiger partial charge is 0.378 e. The Hall–Kier alpha value is -1.84. The molecule has 0 aliphatic carbocycles. The molecule has 2 rings (SSSR count). The van der Waals surface area contributed by atoms with Gasteiger partial charge in [0.05, 0.1) is 29.9 Å². The third-order valence-electron chi connectivity index (χ3n) is 2.99. The molecule has 1 N–H and O–H groups in total. The maximum Gasteiger partial charge on any atom is 0.0951 e. The van der Waals surface area contributed by atoms with E-state index in [0.29, 0.717) is 6.04 Å². The van der Waals surface area contributed by atoms with Crippen LogP contribution < -0.4 is 5.32 Å². The van der Waals surface area contributed by atoms with Gasteiger partial charge in [-0.15, -0.1) is 0 Å². The van der Waals surface area contributed by atoms with Gasteiger partial charge in [0.25, 0.3) is 0 Å². The van der Waals surface area contributed by atoms with Crippen LogP contribution in [0, 0.1) is 13.8 Å². The molecule has 0 aliphatic rings. The number of nitrogens with one attached hydrogen (secondary N) is 1. The Bertz CT molecular complexity index is 528. The number of nitrogens with zero attached hydrogens (tertiary/aromatic N) is 3. The molecular formula is C14H20N4. The van der Waals surface area contributed by atoms with Crippen molar-refractivity contribution in [2.45, 2.75) is 40.3 Å². The van der Waals surface area contributed by atoms with Crippen LogP contribution in [0.15, 0.2) is 24.7 Å². The molecule has 0 aliphatic heterocycles. The number of aromatic nitrogens is 3. The highest BCUT2D eigenvalue weighted by atomic mass is 15.1. The fraction of sp³-hybridized carbons (Fsp3) is 0.429. The van der Waals surface area contributed by atoms with Gasteiger partial charge < -0.3 is 9.88 Å². The molecule has 18 heavy (non-hydrogen) atoms. The van der Waals surface area contributed by atoms with Crippen LogP contribution >= 0.6 is 0 Å². The van der Waals surface area contributed by atoms with Crippen molar-refractivity contribution >= 4 is 5.69 Å². The first kappa shape index (κ1) is 12.6. The number of pyridine rings is 1. The number of rotatable bonds is 4. The zero-order valence-electron chi connectivity index (χ0n) is 11.4. The molecule has 4 heteroatoms. The lowest BCUT2D eigenvalue weighted by atomic mass is 10.2. The minimum atomic E-state index is 0.432. The zero-order chi connectivity index (χ0) is 13.1. The average Bonchev–Trinajstić information content (AvgIpc) is 2.76. The van der Waals surface area contributed by atoms with Gasteiger partial charge in [-0.1, -0.05) is 0 Å². The average molecular weight is 244 g/mol. The van der Waals surface area contributed by atoms with E-state index in [9.17, 15) is 0 Å². The third-order valence-corrected chi connectivity index (χ3v) is 2.99. The van der Waals surface area contributed by atoms with Crippen LogP contribution in [0.4, 0.5) is 5.69 Å². The fourth-order valence-corrected chi connectivity index (χ4v) is 1.99. The molecule has 0 atom stereocenters. The van der Waals surface area contributed by atoms with Gasteiger partial charge in [0.2, 0.25) is 0 Å². The number of aryl methyl sites for hydroxylation is 2. The monoisotopic (exact) mass is 244 g/mol. The Morgan fingerprint density at radius 1 is 1.28 bits per heavy atom. The van der Waals surface area contributed by atoms with Crippen LogP contribution in [0.1, 0.15) is 37.0 Å². The maximum absolute atomic E-state index is 4.45. The van der Waals surface area contributed by atoms with Gasteiger partial charge >= 0.3 is 0 Å². The molecule has 0 unspecified atom stereocenters. The van der Waals surface area contributed by atoms with Crippen LogP contribution in [0.2, 0.25) is 0 Å². The Labute approximate surface area is 108 Å². The molecule has 0 amide bonds. The normalized spacial score (nSPS) is 10.9. The summed E-state index contributed by atoms with van der Waals surface area (Å²) in [4.78, 5) is 8.65. The Morgan fingerprint density at radius 2 is 2.06 bits per heavy atom. The summed E-state index contributed by atoms with van der Waals surface area (Å²) in [5.41, 5.74) is 4.35. The Morgan fingerprint density at radius 3 is 2.72 bits per heavy atom. The van der Waals surface area contributed by atoms with E-state index in [-0.39, 0.29) is 0 Å². The van der Waals surface area contributed by atoms with E-state index in [1.165, 1.54) is 5.69 Å². The summed E-state index contributed by atoms with van der Waals surface area (Å²) >= 11 is 0. The third kappa shape index (κ3) is 2.70. The topological polar surface area (TPSA) is 42.7 Å². The van der Waals surface area contributed by atoms with Gasteiger partial charge in [-0.2, -0.15) is 0 Å². The minimum absolute atomic E-state index is 0.432. The first-order valence-corrected chi connectivity index (χ1v) is 6.26. The predicted molar refractivity (Wildman–Crippen MR) is 73.6 cm³/mol. The van der Waals surface area contributed by atoms with Crippen LogP contribution in [-0.2, 0) is 6.54 Å². The van der Waals surface area contributed by atoms with E-state index in [2.05, 4.69) is 39.8 Å². The quantitative estimate of drug-likeness (QED) is 0.898. The Balaban J connectivity index is 2.09. The highest BCUT2D eigenvalue weighted by Crippen LogP contribution is 2.15. The highest BCUT2D eigenvalue weighted by molar-refractivity contribution is 5.47. The molecule has 0 spiro atoms. The predicted octanol–water partition coefficient (Wildman–Crippen LogP) is 3.09. The van der Waals surface area contributed by atoms with Crippen molar-refractivity contribution in [3.05, 3.63) is 41.7 Å². The number of hydrogen-bond acceptors (Lipinski definition) is 3. The molecular weight excluding hydrogens is 224 g/mol. The fourth-order valence-electron chi connectivity index (χ4n) is 1.99. The van der Waals surface area contributed by atoms with E-state index >= 15 is 0 Å². The van der Waals surface area contributed by atoms with Crippen molar-refractivity contribution in [2.24, 2.45) is 0 Å². The van der Waals surface area contributed by atoms with E-state index in [1.54, 1.807) is 0 Å². The van der Waals surface area contributed by atoms with E-state index in [1.807, 2.05) is 32.4 Å². The second kappa shape index (κ2) is 5.21. The molecule has 2 aromatic heterocycles. The van der Waals surface area contributed by atoms with Gasteiger partial charge in [0, 0.05) is 17.9 Å². The summed E-state index contributed by atoms with van der Waals surface area (Å²) in [6.45, 7) is 9.11. The van der Waals surface area contributed by atoms with E-state index < -0.39 is 0 Å². The molecule has 0 bridgehead atoms. The van der Waals surface area contributed by atoms with Gasteiger partial charge in [-0.3, -0.25) is 4.98 Å². The second-order valence-corrected chi connectivity index (χ2v) is 4.83. The zero-order valence-corrected chi connectivity index (χ0v) is 11.4. The van der Waals surface area contributed by atoms with Crippen molar-refractivity contribution in [1.29, 1.82) is 0 Å². The van der Waals surface area contributed by atoms with Gasteiger partial charge in [-0.25, -0.2) is 4.98 Å². The summed E-state index contributed by atoms with van der Waals surface area (Å²) in [6, 6.07) is 4.53. The van der Waals surface area contributed by atoms with Crippen molar-refractivity contribution < 1.29 is 0 Å². The van der Waals surface area contributed by atoms with Crippen LogP contribution in [0.25, 0.3) is 0 Å². The van der Waals surface area contributed by atoms with Crippen LogP contribution in [-0.4, -0.2) is 14.5 Å². The van der Waals surface area contributed by atoms with Gasteiger partial charge in [0.1, 0.15) is 0 Å². The molecule has 2 aromatic rings. The molecule has 96 valence electrons. The molecule has 4 nitrogen and oxygen atoms in total. The molecule has 2 heterocycles. The van der Waals surface area contributed by atoms with Crippen molar-refractivity contribution in [1.82, 2.24) is 14.5 Å². The number of hydrogen-bond donors (Lipinski definition) is 1. The summed E-state index contributed by atoms with van der Waals surface area (Å²) < 4.78 is 2.17. The lowest BCUT2D eigenvalue weighted by Gasteiger charge is -2.14. The molecule has 0 aromatic carbocycles. The molecule has 0 fully saturated rings. The summed E-state index contributed by atoms with van der Waals surface area (Å²) in [5, 5.41) is 3.41. The standard InChI is InChI=1S/C14H20N4/c1-10(2)18-9-15-7-13(18)8-16-14-6-5-11(3)17-12(14)4/h5-7,9-10,16H,8H2,1-4H3. The van der Waals surface area contributed by atoms with E-state index in [4.69, 9.17) is 0 Å². The Kier molecular flexibility index (Phi) is 3.65. The van der Waals surface area contributed by atoms with Crippen molar-refractivity contribution in [3.8, 4) is 0 Å². The van der Waals surface area contributed by atoms with Crippen molar-refractivity contribution in [3.63, 3.8) is 0 Å². The molecule has 0 radical (unpaired) electrons. The second-order valence-electron chi connectivity index (χ2n) is 4.83. The summed E-state index contributed by atoms with van der Waals surface area (Å²) in [6.07, 6.45) is 3.78. The van der Waals surface area contributed by atoms with E-state index in [0.717, 1.165) is 23.6 Å². The lowest BCUT2D eigenvalue weighted by Crippen LogP contribution is -2.09. The lowest BCUT2D eigenvalue weighted by molar-refractivity contribution is 0.577. The smallest absolute Gasteiger partial charge is 0.0951 e. The summed E-state index contributed by atoms with van der Waals surface area (Å²) in [7, 11) is 0.